The van der Waals surface area contributed by atoms with Gasteiger partial charge in [0.05, 0.1) is 18.4 Å². The Morgan fingerprint density at radius 2 is 2.25 bits per heavy atom. The first-order valence-corrected chi connectivity index (χ1v) is 4.21. The molecule has 0 aliphatic heterocycles. The maximum absolute atomic E-state index is 10.3. The lowest BCUT2D eigenvalue weighted by Gasteiger charge is -2.10. The summed E-state index contributed by atoms with van der Waals surface area (Å²) >= 11 is 0. The molecule has 0 aromatic heterocycles. The van der Waals surface area contributed by atoms with Gasteiger partial charge in [-0.15, -0.1) is 0 Å². The van der Waals surface area contributed by atoms with E-state index in [2.05, 4.69) is 0 Å². The van der Waals surface area contributed by atoms with Crippen molar-refractivity contribution in [2.75, 3.05) is 0 Å². The molecule has 12 heavy (non-hydrogen) atoms. The molecule has 0 fully saturated rings. The highest BCUT2D eigenvalue weighted by Crippen LogP contribution is 2.17. The van der Waals surface area contributed by atoms with Crippen LogP contribution < -0.4 is 0 Å². The zero-order valence-electron chi connectivity index (χ0n) is 7.58. The minimum atomic E-state index is -0.884. The van der Waals surface area contributed by atoms with E-state index in [-0.39, 0.29) is 12.3 Å². The van der Waals surface area contributed by atoms with Crippen LogP contribution in [0, 0.1) is 23.2 Å². The number of carboxylic acid groups (broad SMARTS) is 1. The highest BCUT2D eigenvalue weighted by Gasteiger charge is 2.14. The van der Waals surface area contributed by atoms with E-state index < -0.39 is 5.97 Å². The first-order chi connectivity index (χ1) is 5.60. The second kappa shape index (κ2) is 5.59. The molecule has 0 bridgehead atoms. The van der Waals surface area contributed by atoms with Gasteiger partial charge in [-0.3, -0.25) is 4.79 Å². The van der Waals surface area contributed by atoms with Gasteiger partial charge in [-0.1, -0.05) is 20.3 Å². The molecule has 0 saturated heterocycles. The molecule has 0 aliphatic carbocycles. The molecule has 0 amide bonds. The van der Waals surface area contributed by atoms with Crippen molar-refractivity contribution in [3.63, 3.8) is 0 Å². The number of nitrogens with zero attached hydrogens (tertiary/aromatic N) is 1. The van der Waals surface area contributed by atoms with E-state index in [0.29, 0.717) is 12.3 Å². The molecule has 0 aromatic rings. The Kier molecular flexibility index (Phi) is 5.11. The van der Waals surface area contributed by atoms with Crippen LogP contribution in [0.4, 0.5) is 0 Å². The van der Waals surface area contributed by atoms with E-state index in [1.54, 1.807) is 0 Å². The maximum Gasteiger partial charge on any atom is 0.304 e. The molecule has 1 N–H and O–H groups in total. The van der Waals surface area contributed by atoms with Crippen molar-refractivity contribution in [1.29, 1.82) is 5.26 Å². The summed E-state index contributed by atoms with van der Waals surface area (Å²) in [4.78, 5) is 10.3. The number of rotatable bonds is 5. The second-order valence-corrected chi connectivity index (χ2v) is 3.17. The predicted octanol–water partition coefficient (Wildman–Crippen LogP) is 2.04. The van der Waals surface area contributed by atoms with Crippen LogP contribution >= 0.6 is 0 Å². The van der Waals surface area contributed by atoms with Crippen molar-refractivity contribution >= 4 is 5.97 Å². The summed E-state index contributed by atoms with van der Waals surface area (Å²) in [6, 6.07) is 2.02. The molecule has 1 unspecified atom stereocenters. The Morgan fingerprint density at radius 1 is 1.67 bits per heavy atom. The third-order valence-corrected chi connectivity index (χ3v) is 1.99. The molecular formula is C9H15NO2. The molecule has 0 aromatic carbocycles. The average Bonchev–Trinajstić information content (AvgIpc) is 2.02. The molecule has 3 heteroatoms. The summed E-state index contributed by atoms with van der Waals surface area (Å²) < 4.78 is 0. The third-order valence-electron chi connectivity index (χ3n) is 1.99. The Morgan fingerprint density at radius 3 is 2.58 bits per heavy atom. The second-order valence-electron chi connectivity index (χ2n) is 3.17. The summed E-state index contributed by atoms with van der Waals surface area (Å²) in [5.74, 6) is -0.767. The van der Waals surface area contributed by atoms with Gasteiger partial charge in [0.15, 0.2) is 0 Å². The fourth-order valence-corrected chi connectivity index (χ4v) is 1.04. The van der Waals surface area contributed by atoms with Crippen LogP contribution in [0.5, 0.6) is 0 Å². The van der Waals surface area contributed by atoms with Gasteiger partial charge in [0.25, 0.3) is 0 Å². The lowest BCUT2D eigenvalue weighted by atomic mass is 9.93. The SMILES string of the molecule is CCC(C)C[C@H](C#N)CC(=O)O. The Balaban J connectivity index is 3.85. The molecular weight excluding hydrogens is 154 g/mol. The minimum Gasteiger partial charge on any atom is -0.481 e. The van der Waals surface area contributed by atoms with Crippen molar-refractivity contribution in [3.05, 3.63) is 0 Å². The monoisotopic (exact) mass is 169 g/mol. The Hall–Kier alpha value is -1.04. The van der Waals surface area contributed by atoms with Crippen LogP contribution in [-0.2, 0) is 4.79 Å². The van der Waals surface area contributed by atoms with Crippen LogP contribution in [0.15, 0.2) is 0 Å². The standard InChI is InChI=1S/C9H15NO2/c1-3-7(2)4-8(6-10)5-9(11)12/h7-8H,3-5H2,1-2H3,(H,11,12)/t7?,8-/m0/s1. The molecule has 3 nitrogen and oxygen atoms in total. The maximum atomic E-state index is 10.3. The topological polar surface area (TPSA) is 61.1 Å². The molecule has 0 rings (SSSR count). The number of carbonyl (C=O) groups is 1. The first kappa shape index (κ1) is 11.0. The van der Waals surface area contributed by atoms with Gasteiger partial charge in [0.2, 0.25) is 0 Å². The summed E-state index contributed by atoms with van der Waals surface area (Å²) in [6.45, 7) is 4.08. The number of nitriles is 1. The zero-order chi connectivity index (χ0) is 9.56. The number of carboxylic acids is 1. The molecule has 68 valence electrons. The lowest BCUT2D eigenvalue weighted by molar-refractivity contribution is -0.137. The quantitative estimate of drug-likeness (QED) is 0.685. The van der Waals surface area contributed by atoms with Crippen molar-refractivity contribution in [2.45, 2.75) is 33.1 Å². The molecule has 0 aliphatic rings. The normalized spacial score (nSPS) is 14.8. The van der Waals surface area contributed by atoms with Gasteiger partial charge in [-0.2, -0.15) is 5.26 Å². The highest BCUT2D eigenvalue weighted by atomic mass is 16.4. The van der Waals surface area contributed by atoms with E-state index in [9.17, 15) is 4.79 Å². The van der Waals surface area contributed by atoms with Gasteiger partial charge in [-0.05, 0) is 12.3 Å². The van der Waals surface area contributed by atoms with E-state index in [0.717, 1.165) is 6.42 Å². The molecule has 0 saturated carbocycles. The van der Waals surface area contributed by atoms with Crippen LogP contribution in [-0.4, -0.2) is 11.1 Å². The summed E-state index contributed by atoms with van der Waals surface area (Å²) in [7, 11) is 0. The van der Waals surface area contributed by atoms with Crippen molar-refractivity contribution in [2.24, 2.45) is 11.8 Å². The summed E-state index contributed by atoms with van der Waals surface area (Å²) in [6.07, 6.45) is 1.66. The van der Waals surface area contributed by atoms with Gasteiger partial charge >= 0.3 is 5.97 Å². The fourth-order valence-electron chi connectivity index (χ4n) is 1.04. The van der Waals surface area contributed by atoms with Gasteiger partial charge < -0.3 is 5.11 Å². The van der Waals surface area contributed by atoms with Crippen molar-refractivity contribution < 1.29 is 9.90 Å². The van der Waals surface area contributed by atoms with E-state index in [1.807, 2.05) is 19.9 Å². The molecule has 0 spiro atoms. The van der Waals surface area contributed by atoms with Crippen LogP contribution in [0.25, 0.3) is 0 Å². The molecule has 2 atom stereocenters. The first-order valence-electron chi connectivity index (χ1n) is 4.21. The lowest BCUT2D eigenvalue weighted by Crippen LogP contribution is -2.09. The largest absolute Gasteiger partial charge is 0.481 e. The van der Waals surface area contributed by atoms with Gasteiger partial charge in [0, 0.05) is 0 Å². The van der Waals surface area contributed by atoms with Crippen molar-refractivity contribution in [3.8, 4) is 6.07 Å². The van der Waals surface area contributed by atoms with Crippen LogP contribution in [0.2, 0.25) is 0 Å². The average molecular weight is 169 g/mol. The number of aliphatic carboxylic acids is 1. The summed E-state index contributed by atoms with van der Waals surface area (Å²) in [5, 5.41) is 17.1. The summed E-state index contributed by atoms with van der Waals surface area (Å²) in [5.41, 5.74) is 0. The minimum absolute atomic E-state index is 0.0269. The Labute approximate surface area is 73.0 Å². The van der Waals surface area contributed by atoms with Crippen LogP contribution in [0.3, 0.4) is 0 Å². The van der Waals surface area contributed by atoms with Crippen molar-refractivity contribution in [1.82, 2.24) is 0 Å². The fraction of sp³-hybridized carbons (Fsp3) is 0.778. The van der Waals surface area contributed by atoms with Gasteiger partial charge in [0.1, 0.15) is 0 Å². The molecule has 0 radical (unpaired) electrons. The van der Waals surface area contributed by atoms with E-state index in [4.69, 9.17) is 10.4 Å². The predicted molar refractivity (Wildman–Crippen MR) is 45.4 cm³/mol. The zero-order valence-corrected chi connectivity index (χ0v) is 7.58. The smallest absolute Gasteiger partial charge is 0.304 e. The van der Waals surface area contributed by atoms with E-state index >= 15 is 0 Å². The number of hydrogen-bond acceptors (Lipinski definition) is 2. The molecule has 0 heterocycles. The van der Waals surface area contributed by atoms with Gasteiger partial charge in [-0.25, -0.2) is 0 Å². The number of hydrogen-bond donors (Lipinski definition) is 1. The van der Waals surface area contributed by atoms with E-state index in [1.165, 1.54) is 0 Å². The highest BCUT2D eigenvalue weighted by molar-refractivity contribution is 5.67. The Bertz CT molecular complexity index is 183. The third kappa shape index (κ3) is 4.73. The van der Waals surface area contributed by atoms with Crippen LogP contribution in [0.1, 0.15) is 33.1 Å².